The Morgan fingerprint density at radius 1 is 1.50 bits per heavy atom. The second-order valence-electron chi connectivity index (χ2n) is 4.04. The zero-order chi connectivity index (χ0) is 11.5. The summed E-state index contributed by atoms with van der Waals surface area (Å²) in [5.74, 6) is -0.184. The van der Waals surface area contributed by atoms with Gasteiger partial charge in [0.1, 0.15) is 6.54 Å². The highest BCUT2D eigenvalue weighted by Gasteiger charge is 2.34. The predicted octanol–water partition coefficient (Wildman–Crippen LogP) is -1.12. The number of imidazole rings is 1. The highest BCUT2D eigenvalue weighted by Crippen LogP contribution is 2.19. The van der Waals surface area contributed by atoms with Crippen LogP contribution in [0.2, 0.25) is 0 Å². The van der Waals surface area contributed by atoms with Crippen molar-refractivity contribution in [3.05, 3.63) is 18.7 Å². The fourth-order valence-corrected chi connectivity index (χ4v) is 1.92. The van der Waals surface area contributed by atoms with Gasteiger partial charge in [0.2, 0.25) is 5.91 Å². The van der Waals surface area contributed by atoms with E-state index in [0.29, 0.717) is 12.8 Å². The molecule has 0 aliphatic heterocycles. The van der Waals surface area contributed by atoms with Crippen molar-refractivity contribution in [2.24, 2.45) is 0 Å². The largest absolute Gasteiger partial charge is 0.390 e. The first-order chi connectivity index (χ1) is 7.66. The molecule has 2 rings (SSSR count). The van der Waals surface area contributed by atoms with Crippen LogP contribution < -0.4 is 5.32 Å². The number of carbonyl (C=O) groups is 1. The average Bonchev–Trinajstić information content (AvgIpc) is 2.83. The second-order valence-corrected chi connectivity index (χ2v) is 4.04. The number of nitrogens with zero attached hydrogens (tertiary/aromatic N) is 2. The van der Waals surface area contributed by atoms with Crippen LogP contribution in [0.15, 0.2) is 18.7 Å². The van der Waals surface area contributed by atoms with Crippen molar-refractivity contribution < 1.29 is 15.0 Å². The molecular weight excluding hydrogens is 210 g/mol. The minimum Gasteiger partial charge on any atom is -0.390 e. The molecule has 3 N–H and O–H groups in total. The van der Waals surface area contributed by atoms with Crippen LogP contribution in [0.5, 0.6) is 0 Å². The van der Waals surface area contributed by atoms with Crippen LogP contribution in [0.4, 0.5) is 0 Å². The van der Waals surface area contributed by atoms with Crippen LogP contribution in [0, 0.1) is 0 Å². The number of amides is 1. The molecule has 0 aromatic carbocycles. The Labute approximate surface area is 92.9 Å². The first-order valence-electron chi connectivity index (χ1n) is 5.28. The van der Waals surface area contributed by atoms with E-state index < -0.39 is 12.2 Å². The van der Waals surface area contributed by atoms with E-state index in [2.05, 4.69) is 10.3 Å². The number of carbonyl (C=O) groups excluding carboxylic acids is 1. The number of hydrogen-bond donors (Lipinski definition) is 3. The van der Waals surface area contributed by atoms with Gasteiger partial charge in [0.25, 0.3) is 0 Å². The van der Waals surface area contributed by atoms with Crippen molar-refractivity contribution >= 4 is 5.91 Å². The molecule has 0 bridgehead atoms. The van der Waals surface area contributed by atoms with E-state index in [4.69, 9.17) is 0 Å². The van der Waals surface area contributed by atoms with Crippen LogP contribution >= 0.6 is 0 Å². The lowest BCUT2D eigenvalue weighted by Gasteiger charge is -2.17. The van der Waals surface area contributed by atoms with Gasteiger partial charge in [0, 0.05) is 12.4 Å². The van der Waals surface area contributed by atoms with Crippen molar-refractivity contribution in [1.29, 1.82) is 0 Å². The molecule has 0 saturated heterocycles. The highest BCUT2D eigenvalue weighted by molar-refractivity contribution is 5.76. The van der Waals surface area contributed by atoms with Crippen LogP contribution in [-0.2, 0) is 11.3 Å². The lowest BCUT2D eigenvalue weighted by molar-refractivity contribution is -0.123. The first kappa shape index (κ1) is 11.1. The van der Waals surface area contributed by atoms with Crippen molar-refractivity contribution in [2.75, 3.05) is 0 Å². The van der Waals surface area contributed by atoms with Gasteiger partial charge in [-0.05, 0) is 12.8 Å². The van der Waals surface area contributed by atoms with Crippen LogP contribution in [0.25, 0.3) is 0 Å². The van der Waals surface area contributed by atoms with Crippen molar-refractivity contribution in [2.45, 2.75) is 37.6 Å². The molecule has 6 nitrogen and oxygen atoms in total. The molecule has 1 saturated carbocycles. The topological polar surface area (TPSA) is 87.4 Å². The van der Waals surface area contributed by atoms with Crippen LogP contribution in [0.1, 0.15) is 12.8 Å². The maximum Gasteiger partial charge on any atom is 0.240 e. The fourth-order valence-electron chi connectivity index (χ4n) is 1.92. The van der Waals surface area contributed by atoms with Gasteiger partial charge in [-0.2, -0.15) is 0 Å². The van der Waals surface area contributed by atoms with Gasteiger partial charge in [0.05, 0.1) is 24.6 Å². The SMILES string of the molecule is O=C(Cn1ccnc1)N[C@@H]1CC[C@@H](O)[C@@H]1O. The Morgan fingerprint density at radius 3 is 2.88 bits per heavy atom. The Bertz CT molecular complexity index is 352. The molecule has 88 valence electrons. The molecule has 1 aromatic heterocycles. The zero-order valence-corrected chi connectivity index (χ0v) is 8.78. The summed E-state index contributed by atoms with van der Waals surface area (Å²) in [4.78, 5) is 15.4. The molecule has 3 atom stereocenters. The molecular formula is C10H15N3O3. The minimum atomic E-state index is -0.855. The zero-order valence-electron chi connectivity index (χ0n) is 8.78. The third-order valence-electron chi connectivity index (χ3n) is 2.81. The highest BCUT2D eigenvalue weighted by atomic mass is 16.3. The number of nitrogens with one attached hydrogen (secondary N) is 1. The number of aliphatic hydroxyl groups excluding tert-OH is 2. The quantitative estimate of drug-likeness (QED) is 0.608. The average molecular weight is 225 g/mol. The summed E-state index contributed by atoms with van der Waals surface area (Å²) in [6, 6.07) is -0.342. The maximum atomic E-state index is 11.6. The number of rotatable bonds is 3. The van der Waals surface area contributed by atoms with E-state index in [-0.39, 0.29) is 18.5 Å². The lowest BCUT2D eigenvalue weighted by atomic mass is 10.2. The number of hydrogen-bond acceptors (Lipinski definition) is 4. The molecule has 6 heteroatoms. The number of aromatic nitrogens is 2. The van der Waals surface area contributed by atoms with Gasteiger partial charge in [0.15, 0.2) is 0 Å². The molecule has 0 radical (unpaired) electrons. The first-order valence-corrected chi connectivity index (χ1v) is 5.28. The van der Waals surface area contributed by atoms with Gasteiger partial charge < -0.3 is 20.1 Å². The smallest absolute Gasteiger partial charge is 0.240 e. The van der Waals surface area contributed by atoms with Crippen LogP contribution in [0.3, 0.4) is 0 Å². The summed E-state index contributed by atoms with van der Waals surface area (Å²) in [5.41, 5.74) is 0. The standard InChI is InChI=1S/C10H15N3O3/c14-8-2-1-7(10(8)16)12-9(15)5-13-4-3-11-6-13/h3-4,6-8,10,14,16H,1-2,5H2,(H,12,15)/t7-,8-,10-/m1/s1. The Hall–Kier alpha value is -1.40. The minimum absolute atomic E-state index is 0.180. The molecule has 1 aliphatic rings. The summed E-state index contributed by atoms with van der Waals surface area (Å²) in [5, 5.41) is 21.6. The normalized spacial score (nSPS) is 29.2. The molecule has 0 spiro atoms. The van der Waals surface area contributed by atoms with Crippen LogP contribution in [-0.4, -0.2) is 43.9 Å². The fraction of sp³-hybridized carbons (Fsp3) is 0.600. The third kappa shape index (κ3) is 2.40. The Morgan fingerprint density at radius 2 is 2.31 bits per heavy atom. The second kappa shape index (κ2) is 4.63. The van der Waals surface area contributed by atoms with Gasteiger partial charge in [-0.25, -0.2) is 4.98 Å². The van der Waals surface area contributed by atoms with E-state index in [9.17, 15) is 15.0 Å². The van der Waals surface area contributed by atoms with Gasteiger partial charge in [-0.1, -0.05) is 0 Å². The van der Waals surface area contributed by atoms with E-state index in [1.807, 2.05) is 0 Å². The van der Waals surface area contributed by atoms with E-state index in [0.717, 1.165) is 0 Å². The monoisotopic (exact) mass is 225 g/mol. The van der Waals surface area contributed by atoms with Crippen molar-refractivity contribution in [1.82, 2.24) is 14.9 Å². The molecule has 1 fully saturated rings. The Balaban J connectivity index is 1.84. The molecule has 16 heavy (non-hydrogen) atoms. The molecule has 1 aromatic rings. The van der Waals surface area contributed by atoms with Crippen molar-refractivity contribution in [3.8, 4) is 0 Å². The maximum absolute atomic E-state index is 11.6. The van der Waals surface area contributed by atoms with Crippen molar-refractivity contribution in [3.63, 3.8) is 0 Å². The molecule has 1 heterocycles. The van der Waals surface area contributed by atoms with Gasteiger partial charge in [-0.3, -0.25) is 4.79 Å². The summed E-state index contributed by atoms with van der Waals surface area (Å²) < 4.78 is 1.65. The van der Waals surface area contributed by atoms with Gasteiger partial charge >= 0.3 is 0 Å². The molecule has 1 amide bonds. The Kier molecular flexibility index (Phi) is 3.21. The summed E-state index contributed by atoms with van der Waals surface area (Å²) in [7, 11) is 0. The van der Waals surface area contributed by atoms with E-state index in [1.54, 1.807) is 23.3 Å². The van der Waals surface area contributed by atoms with E-state index in [1.165, 1.54) is 0 Å². The summed E-state index contributed by atoms with van der Waals surface area (Å²) in [6.45, 7) is 0.180. The predicted molar refractivity (Wildman–Crippen MR) is 55.4 cm³/mol. The van der Waals surface area contributed by atoms with E-state index >= 15 is 0 Å². The van der Waals surface area contributed by atoms with Gasteiger partial charge in [-0.15, -0.1) is 0 Å². The number of aliphatic hydroxyl groups is 2. The molecule has 1 aliphatic carbocycles. The third-order valence-corrected chi connectivity index (χ3v) is 2.81. The summed E-state index contributed by atoms with van der Waals surface area (Å²) in [6.07, 6.45) is 4.40. The lowest BCUT2D eigenvalue weighted by Crippen LogP contribution is -2.44. The molecule has 0 unspecified atom stereocenters. The summed E-state index contributed by atoms with van der Waals surface area (Å²) >= 11 is 0.